The number of aliphatic carboxylic acids is 1. The second-order valence-electron chi connectivity index (χ2n) is 5.37. The Morgan fingerprint density at radius 2 is 2.00 bits per heavy atom. The van der Waals surface area contributed by atoms with E-state index in [0.29, 0.717) is 31.0 Å². The average molecular weight is 336 g/mol. The minimum atomic E-state index is -1.20. The highest BCUT2D eigenvalue weighted by atomic mass is 16.5. The Bertz CT molecular complexity index is 625. The molecule has 0 atom stereocenters. The molecular weight excluding hydrogens is 316 g/mol. The van der Waals surface area contributed by atoms with Gasteiger partial charge in [-0.3, -0.25) is 14.5 Å². The molecule has 1 saturated heterocycles. The number of nitrogens with zero attached hydrogens (tertiary/aromatic N) is 1. The lowest BCUT2D eigenvalue weighted by atomic mass is 10.1. The maximum atomic E-state index is 11.7. The van der Waals surface area contributed by atoms with Crippen molar-refractivity contribution in [3.05, 3.63) is 29.3 Å². The van der Waals surface area contributed by atoms with E-state index in [4.69, 9.17) is 14.6 Å². The molecule has 1 aromatic rings. The number of carboxylic acids is 1. The zero-order valence-corrected chi connectivity index (χ0v) is 13.4. The number of hydrogen-bond donors (Lipinski definition) is 2. The van der Waals surface area contributed by atoms with Crippen LogP contribution < -0.4 is 5.32 Å². The normalized spacial score (nSPS) is 14.9. The van der Waals surface area contributed by atoms with E-state index in [0.717, 1.165) is 18.7 Å². The molecule has 0 unspecified atom stereocenters. The molecule has 1 aromatic carbocycles. The van der Waals surface area contributed by atoms with Gasteiger partial charge in [0.1, 0.15) is 6.42 Å². The van der Waals surface area contributed by atoms with E-state index in [1.54, 1.807) is 12.1 Å². The van der Waals surface area contributed by atoms with Crippen molar-refractivity contribution in [2.75, 3.05) is 38.7 Å². The van der Waals surface area contributed by atoms with Gasteiger partial charge < -0.3 is 19.9 Å². The van der Waals surface area contributed by atoms with Crippen LogP contribution in [0.25, 0.3) is 0 Å². The number of morpholine rings is 1. The van der Waals surface area contributed by atoms with E-state index >= 15 is 0 Å². The van der Waals surface area contributed by atoms with Gasteiger partial charge in [0.15, 0.2) is 0 Å². The summed E-state index contributed by atoms with van der Waals surface area (Å²) in [6.07, 6.45) is -0.615. The average Bonchev–Trinajstić information content (AvgIpc) is 2.56. The number of carbonyl (C=O) groups is 3. The summed E-state index contributed by atoms with van der Waals surface area (Å²) in [6.45, 7) is 3.24. The predicted molar refractivity (Wildman–Crippen MR) is 84.8 cm³/mol. The van der Waals surface area contributed by atoms with Gasteiger partial charge in [-0.25, -0.2) is 4.79 Å². The molecule has 1 fully saturated rings. The molecule has 0 spiro atoms. The minimum absolute atomic E-state index is 0.372. The number of methoxy groups -OCH3 is 1. The molecule has 0 aromatic heterocycles. The summed E-state index contributed by atoms with van der Waals surface area (Å²) in [5.41, 5.74) is 1.58. The van der Waals surface area contributed by atoms with Crippen molar-refractivity contribution in [2.45, 2.75) is 13.0 Å². The van der Waals surface area contributed by atoms with E-state index in [-0.39, 0.29) is 0 Å². The van der Waals surface area contributed by atoms with Crippen molar-refractivity contribution in [2.24, 2.45) is 0 Å². The summed E-state index contributed by atoms with van der Waals surface area (Å²) in [7, 11) is 1.30. The Kier molecular flexibility index (Phi) is 6.28. The number of anilines is 1. The molecular formula is C16H20N2O6. The molecule has 1 amide bonds. The number of nitrogens with one attached hydrogen (secondary N) is 1. The highest BCUT2D eigenvalue weighted by Crippen LogP contribution is 2.21. The van der Waals surface area contributed by atoms with Gasteiger partial charge in [0, 0.05) is 25.3 Å². The fourth-order valence-corrected chi connectivity index (χ4v) is 2.42. The Balaban J connectivity index is 2.21. The number of esters is 1. The molecule has 0 aliphatic carbocycles. The third-order valence-corrected chi connectivity index (χ3v) is 3.61. The van der Waals surface area contributed by atoms with Gasteiger partial charge in [-0.1, -0.05) is 0 Å². The van der Waals surface area contributed by atoms with Gasteiger partial charge in [0.2, 0.25) is 5.91 Å². The van der Waals surface area contributed by atoms with Crippen LogP contribution in [-0.2, 0) is 25.6 Å². The van der Waals surface area contributed by atoms with Crippen molar-refractivity contribution in [1.82, 2.24) is 4.90 Å². The Morgan fingerprint density at radius 1 is 1.29 bits per heavy atom. The van der Waals surface area contributed by atoms with E-state index in [2.05, 4.69) is 10.2 Å². The quantitative estimate of drug-likeness (QED) is 0.582. The highest BCUT2D eigenvalue weighted by Gasteiger charge is 2.17. The molecule has 2 N–H and O–H groups in total. The fourth-order valence-electron chi connectivity index (χ4n) is 2.42. The first-order valence-corrected chi connectivity index (χ1v) is 7.52. The zero-order chi connectivity index (χ0) is 17.5. The van der Waals surface area contributed by atoms with Crippen LogP contribution in [0.2, 0.25) is 0 Å². The van der Waals surface area contributed by atoms with Crippen LogP contribution in [0.1, 0.15) is 22.3 Å². The molecule has 0 saturated carbocycles. The molecule has 1 aliphatic heterocycles. The Morgan fingerprint density at radius 3 is 2.62 bits per heavy atom. The van der Waals surface area contributed by atoms with Gasteiger partial charge in [0.05, 0.1) is 25.9 Å². The van der Waals surface area contributed by atoms with Crippen LogP contribution >= 0.6 is 0 Å². The number of carboxylic acid groups (broad SMARTS) is 1. The minimum Gasteiger partial charge on any atom is -0.481 e. The first-order valence-electron chi connectivity index (χ1n) is 7.52. The Labute approximate surface area is 139 Å². The van der Waals surface area contributed by atoms with Crippen molar-refractivity contribution in [1.29, 1.82) is 0 Å². The first-order chi connectivity index (χ1) is 11.5. The lowest BCUT2D eigenvalue weighted by molar-refractivity contribution is -0.139. The molecule has 2 rings (SSSR count). The molecule has 1 aliphatic rings. The van der Waals surface area contributed by atoms with Crippen molar-refractivity contribution < 1.29 is 29.0 Å². The summed E-state index contributed by atoms with van der Waals surface area (Å²) in [5.74, 6) is -2.29. The van der Waals surface area contributed by atoms with Crippen molar-refractivity contribution >= 4 is 23.5 Å². The van der Waals surface area contributed by atoms with Gasteiger partial charge in [-0.05, 0) is 23.8 Å². The molecule has 24 heavy (non-hydrogen) atoms. The van der Waals surface area contributed by atoms with Gasteiger partial charge in [-0.15, -0.1) is 0 Å². The van der Waals surface area contributed by atoms with Crippen LogP contribution in [0.4, 0.5) is 5.69 Å². The second-order valence-corrected chi connectivity index (χ2v) is 5.37. The van der Waals surface area contributed by atoms with Crippen molar-refractivity contribution in [3.8, 4) is 0 Å². The third kappa shape index (κ3) is 5.04. The third-order valence-electron chi connectivity index (χ3n) is 3.61. The van der Waals surface area contributed by atoms with Gasteiger partial charge in [0.25, 0.3) is 0 Å². The molecule has 8 heteroatoms. The fraction of sp³-hybridized carbons (Fsp3) is 0.438. The second kappa shape index (κ2) is 8.42. The summed E-state index contributed by atoms with van der Waals surface area (Å²) in [5, 5.41) is 11.3. The molecule has 8 nitrogen and oxygen atoms in total. The van der Waals surface area contributed by atoms with E-state index in [1.807, 2.05) is 0 Å². The monoisotopic (exact) mass is 336 g/mol. The van der Waals surface area contributed by atoms with Crippen LogP contribution in [0.3, 0.4) is 0 Å². The maximum absolute atomic E-state index is 11.7. The molecule has 0 bridgehead atoms. The number of benzene rings is 1. The molecule has 130 valence electrons. The zero-order valence-electron chi connectivity index (χ0n) is 13.4. The number of rotatable bonds is 6. The van der Waals surface area contributed by atoms with E-state index in [1.165, 1.54) is 13.2 Å². The van der Waals surface area contributed by atoms with E-state index in [9.17, 15) is 14.4 Å². The molecule has 0 radical (unpaired) electrons. The number of amides is 1. The summed E-state index contributed by atoms with van der Waals surface area (Å²) in [6, 6.07) is 4.77. The van der Waals surface area contributed by atoms with Crippen LogP contribution in [-0.4, -0.2) is 61.3 Å². The van der Waals surface area contributed by atoms with Crippen molar-refractivity contribution in [3.63, 3.8) is 0 Å². The number of ether oxygens (including phenoxy) is 2. The van der Waals surface area contributed by atoms with Gasteiger partial charge >= 0.3 is 11.9 Å². The standard InChI is InChI=1S/C16H20N2O6/c1-23-16(22)11-2-3-13(17-14(19)9-15(20)21)12(8-11)10-18-4-6-24-7-5-18/h2-3,8H,4-7,9-10H2,1H3,(H,17,19)(H,20,21). The van der Waals surface area contributed by atoms with E-state index < -0.39 is 24.3 Å². The first kappa shape index (κ1) is 17.9. The van der Waals surface area contributed by atoms with Gasteiger partial charge in [-0.2, -0.15) is 0 Å². The topological polar surface area (TPSA) is 105 Å². The highest BCUT2D eigenvalue weighted by molar-refractivity contribution is 6.02. The number of hydrogen-bond acceptors (Lipinski definition) is 6. The lowest BCUT2D eigenvalue weighted by Gasteiger charge is -2.27. The summed E-state index contributed by atoms with van der Waals surface area (Å²) < 4.78 is 10.0. The van der Waals surface area contributed by atoms with Crippen LogP contribution in [0.5, 0.6) is 0 Å². The molecule has 1 heterocycles. The lowest BCUT2D eigenvalue weighted by Crippen LogP contribution is -2.36. The smallest absolute Gasteiger partial charge is 0.337 e. The summed E-state index contributed by atoms with van der Waals surface area (Å²) in [4.78, 5) is 36.2. The van der Waals surface area contributed by atoms with Crippen LogP contribution in [0.15, 0.2) is 18.2 Å². The Hall–Kier alpha value is -2.45. The predicted octanol–water partition coefficient (Wildman–Crippen LogP) is 0.719. The van der Waals surface area contributed by atoms with Crippen LogP contribution in [0, 0.1) is 0 Å². The SMILES string of the molecule is COC(=O)c1ccc(NC(=O)CC(=O)O)c(CN2CCOCC2)c1. The summed E-state index contributed by atoms with van der Waals surface area (Å²) >= 11 is 0. The largest absolute Gasteiger partial charge is 0.481 e. The maximum Gasteiger partial charge on any atom is 0.337 e. The number of carbonyl (C=O) groups excluding carboxylic acids is 2.